The van der Waals surface area contributed by atoms with Crippen LogP contribution in [0.15, 0.2) is 11.4 Å². The van der Waals surface area contributed by atoms with E-state index in [1.807, 2.05) is 0 Å². The minimum atomic E-state index is -1.84. The lowest BCUT2D eigenvalue weighted by molar-refractivity contribution is -0.140. The Hall–Kier alpha value is -0.683. The van der Waals surface area contributed by atoms with E-state index in [-0.39, 0.29) is 17.6 Å². The third kappa shape index (κ3) is 4.64. The van der Waals surface area contributed by atoms with E-state index in [2.05, 4.69) is 33.9 Å². The fourth-order valence-electron chi connectivity index (χ4n) is 2.24. The maximum atomic E-state index is 14.2. The molecule has 1 unspecified atom stereocenters. The van der Waals surface area contributed by atoms with Crippen molar-refractivity contribution in [2.75, 3.05) is 13.2 Å². The highest BCUT2D eigenvalue weighted by Crippen LogP contribution is 2.39. The predicted octanol–water partition coefficient (Wildman–Crippen LogP) is 4.60. The molecule has 0 radical (unpaired) electrons. The monoisotopic (exact) mass is 316 g/mol. The van der Waals surface area contributed by atoms with Crippen LogP contribution in [0.2, 0.25) is 18.1 Å². The molecule has 1 fully saturated rings. The summed E-state index contributed by atoms with van der Waals surface area (Å²) in [7, 11) is -1.84. The second kappa shape index (κ2) is 7.05. The molecule has 0 saturated heterocycles. The Bertz CT molecular complexity index is 410. The summed E-state index contributed by atoms with van der Waals surface area (Å²) in [5.41, 5.74) is 0.590. The number of rotatable bonds is 5. The van der Waals surface area contributed by atoms with Gasteiger partial charge in [0.05, 0.1) is 6.61 Å². The molecule has 21 heavy (non-hydrogen) atoms. The molecular formula is C16H29FO3Si. The van der Waals surface area contributed by atoms with Crippen molar-refractivity contribution < 1.29 is 18.3 Å². The zero-order valence-corrected chi connectivity index (χ0v) is 15.2. The van der Waals surface area contributed by atoms with Crippen molar-refractivity contribution in [1.82, 2.24) is 0 Å². The molecule has 0 aromatic rings. The lowest BCUT2D eigenvalue weighted by Gasteiger charge is -2.37. The average molecular weight is 316 g/mol. The molecule has 3 nitrogen and oxygen atoms in total. The van der Waals surface area contributed by atoms with Gasteiger partial charge < -0.3 is 9.16 Å². The standard InChI is InChI=1S/C16H29FO3Si/c1-7-19-15(18)14(17)13-10-8-9-12(13)11-20-21(5,6)16(2,3)4/h12H,7-11H2,1-6H3. The number of ether oxygens (including phenoxy) is 1. The van der Waals surface area contributed by atoms with E-state index in [1.54, 1.807) is 6.92 Å². The second-order valence-corrected chi connectivity index (χ2v) is 12.0. The molecule has 0 aliphatic heterocycles. The van der Waals surface area contributed by atoms with Crippen molar-refractivity contribution >= 4 is 14.3 Å². The lowest BCUT2D eigenvalue weighted by Crippen LogP contribution is -2.41. The normalized spacial score (nSPS) is 22.3. The fraction of sp³-hybridized carbons (Fsp3) is 0.812. The first-order valence-corrected chi connectivity index (χ1v) is 10.7. The van der Waals surface area contributed by atoms with E-state index in [4.69, 9.17) is 9.16 Å². The van der Waals surface area contributed by atoms with Crippen LogP contribution < -0.4 is 0 Å². The molecule has 1 atom stereocenters. The molecule has 0 spiro atoms. The first kappa shape index (κ1) is 18.4. The second-order valence-electron chi connectivity index (χ2n) is 7.22. The van der Waals surface area contributed by atoms with Crippen LogP contribution in [-0.2, 0) is 14.0 Å². The highest BCUT2D eigenvalue weighted by atomic mass is 28.4. The summed E-state index contributed by atoms with van der Waals surface area (Å²) in [4.78, 5) is 11.5. The Morgan fingerprint density at radius 2 is 2.00 bits per heavy atom. The summed E-state index contributed by atoms with van der Waals surface area (Å²) >= 11 is 0. The van der Waals surface area contributed by atoms with Crippen LogP contribution in [-0.4, -0.2) is 27.5 Å². The van der Waals surface area contributed by atoms with Gasteiger partial charge in [-0.05, 0) is 49.9 Å². The van der Waals surface area contributed by atoms with E-state index in [1.165, 1.54) is 0 Å². The van der Waals surface area contributed by atoms with Crippen LogP contribution in [0.3, 0.4) is 0 Å². The summed E-state index contributed by atoms with van der Waals surface area (Å²) in [6, 6.07) is 0. The van der Waals surface area contributed by atoms with Crippen molar-refractivity contribution in [1.29, 1.82) is 0 Å². The van der Waals surface area contributed by atoms with Crippen LogP contribution in [0, 0.1) is 5.92 Å². The van der Waals surface area contributed by atoms with Crippen LogP contribution in [0.4, 0.5) is 4.39 Å². The van der Waals surface area contributed by atoms with Crippen LogP contribution in [0.5, 0.6) is 0 Å². The minimum Gasteiger partial charge on any atom is -0.461 e. The van der Waals surface area contributed by atoms with Gasteiger partial charge in [-0.25, -0.2) is 4.79 Å². The predicted molar refractivity (Wildman–Crippen MR) is 85.3 cm³/mol. The van der Waals surface area contributed by atoms with E-state index in [9.17, 15) is 9.18 Å². The molecule has 0 heterocycles. The van der Waals surface area contributed by atoms with Crippen LogP contribution >= 0.6 is 0 Å². The summed E-state index contributed by atoms with van der Waals surface area (Å²) in [6.45, 7) is 13.3. The van der Waals surface area contributed by atoms with Gasteiger partial charge in [0.1, 0.15) is 0 Å². The number of hydrogen-bond acceptors (Lipinski definition) is 3. The largest absolute Gasteiger partial charge is 0.461 e. The SMILES string of the molecule is CCOC(=O)C(F)=C1CCCC1CO[Si](C)(C)C(C)(C)C. The third-order valence-corrected chi connectivity index (χ3v) is 9.18. The van der Waals surface area contributed by atoms with Crippen LogP contribution in [0.1, 0.15) is 47.0 Å². The molecule has 1 aliphatic rings. The zero-order chi connectivity index (χ0) is 16.3. The first-order valence-electron chi connectivity index (χ1n) is 7.79. The van der Waals surface area contributed by atoms with Crippen molar-refractivity contribution in [2.24, 2.45) is 5.92 Å². The van der Waals surface area contributed by atoms with Gasteiger partial charge in [0.15, 0.2) is 8.32 Å². The Kier molecular flexibility index (Phi) is 6.17. The Morgan fingerprint density at radius 1 is 1.38 bits per heavy atom. The molecule has 0 aromatic heterocycles. The molecular weight excluding hydrogens is 287 g/mol. The topological polar surface area (TPSA) is 35.5 Å². The summed E-state index contributed by atoms with van der Waals surface area (Å²) in [5.74, 6) is -1.51. The van der Waals surface area contributed by atoms with Gasteiger partial charge >= 0.3 is 5.97 Å². The van der Waals surface area contributed by atoms with Crippen molar-refractivity contribution in [3.8, 4) is 0 Å². The van der Waals surface area contributed by atoms with Gasteiger partial charge in [0, 0.05) is 12.5 Å². The van der Waals surface area contributed by atoms with E-state index in [0.29, 0.717) is 18.6 Å². The molecule has 5 heteroatoms. The average Bonchev–Trinajstić information content (AvgIpc) is 2.82. The Balaban J connectivity index is 2.75. The molecule has 122 valence electrons. The highest BCUT2D eigenvalue weighted by molar-refractivity contribution is 6.74. The molecule has 0 aromatic carbocycles. The van der Waals surface area contributed by atoms with Crippen molar-refractivity contribution in [3.63, 3.8) is 0 Å². The maximum Gasteiger partial charge on any atom is 0.367 e. The number of carbonyl (C=O) groups excluding carboxylic acids is 1. The number of hydrogen-bond donors (Lipinski definition) is 0. The smallest absolute Gasteiger partial charge is 0.367 e. The van der Waals surface area contributed by atoms with Gasteiger partial charge in [-0.1, -0.05) is 20.8 Å². The molecule has 0 amide bonds. The maximum absolute atomic E-state index is 14.2. The van der Waals surface area contributed by atoms with Crippen molar-refractivity contribution in [2.45, 2.75) is 65.1 Å². The Morgan fingerprint density at radius 3 is 2.52 bits per heavy atom. The van der Waals surface area contributed by atoms with Gasteiger partial charge in [0.2, 0.25) is 5.83 Å². The number of halogens is 1. The van der Waals surface area contributed by atoms with E-state index in [0.717, 1.165) is 12.8 Å². The quantitative estimate of drug-likeness (QED) is 0.422. The summed E-state index contributed by atoms with van der Waals surface area (Å²) in [5, 5.41) is 0.134. The highest BCUT2D eigenvalue weighted by Gasteiger charge is 2.38. The Labute approximate surface area is 129 Å². The van der Waals surface area contributed by atoms with Gasteiger partial charge in [-0.3, -0.25) is 0 Å². The molecule has 1 saturated carbocycles. The fourth-order valence-corrected chi connectivity index (χ4v) is 3.29. The van der Waals surface area contributed by atoms with E-state index >= 15 is 0 Å². The van der Waals surface area contributed by atoms with Crippen molar-refractivity contribution in [3.05, 3.63) is 11.4 Å². The van der Waals surface area contributed by atoms with Crippen LogP contribution in [0.25, 0.3) is 0 Å². The van der Waals surface area contributed by atoms with E-state index < -0.39 is 20.1 Å². The zero-order valence-electron chi connectivity index (χ0n) is 14.2. The molecule has 1 aliphatic carbocycles. The molecule has 0 bridgehead atoms. The molecule has 1 rings (SSSR count). The summed E-state index contributed by atoms with van der Waals surface area (Å²) < 4.78 is 25.1. The summed E-state index contributed by atoms with van der Waals surface area (Å²) in [6.07, 6.45) is 2.43. The van der Waals surface area contributed by atoms with Gasteiger partial charge in [-0.15, -0.1) is 0 Å². The lowest BCUT2D eigenvalue weighted by atomic mass is 10.0. The third-order valence-electron chi connectivity index (χ3n) is 4.68. The molecule has 0 N–H and O–H groups in total. The van der Waals surface area contributed by atoms with Gasteiger partial charge in [-0.2, -0.15) is 4.39 Å². The number of carbonyl (C=O) groups is 1. The minimum absolute atomic E-state index is 0.0172. The number of esters is 1. The first-order chi connectivity index (χ1) is 9.60. The van der Waals surface area contributed by atoms with Gasteiger partial charge in [0.25, 0.3) is 0 Å².